The SMILES string of the molecule is CCCNCC1(CCC)CCOC1C. The first kappa shape index (κ1) is 12.0. The predicted molar refractivity (Wildman–Crippen MR) is 60.5 cm³/mol. The van der Waals surface area contributed by atoms with E-state index in [-0.39, 0.29) is 0 Å². The van der Waals surface area contributed by atoms with Crippen molar-refractivity contribution in [2.45, 2.75) is 52.6 Å². The summed E-state index contributed by atoms with van der Waals surface area (Å²) in [7, 11) is 0. The molecule has 0 radical (unpaired) electrons. The van der Waals surface area contributed by atoms with Gasteiger partial charge in [0.05, 0.1) is 6.10 Å². The molecule has 1 rings (SSSR count). The molecule has 0 spiro atoms. The topological polar surface area (TPSA) is 21.3 Å². The van der Waals surface area contributed by atoms with Crippen LogP contribution in [0.3, 0.4) is 0 Å². The monoisotopic (exact) mass is 199 g/mol. The summed E-state index contributed by atoms with van der Waals surface area (Å²) in [4.78, 5) is 0. The van der Waals surface area contributed by atoms with E-state index in [0.717, 1.165) is 19.7 Å². The summed E-state index contributed by atoms with van der Waals surface area (Å²) in [6.07, 6.45) is 5.45. The molecule has 0 amide bonds. The maximum atomic E-state index is 5.71. The van der Waals surface area contributed by atoms with Crippen LogP contribution < -0.4 is 5.32 Å². The standard InChI is InChI=1S/C12H25NO/c1-4-6-12(10-13-8-5-2)7-9-14-11(12)3/h11,13H,4-10H2,1-3H3. The van der Waals surface area contributed by atoms with Gasteiger partial charge in [-0.15, -0.1) is 0 Å². The Bertz CT molecular complexity index is 160. The Kier molecular flexibility index (Phi) is 4.90. The van der Waals surface area contributed by atoms with Crippen LogP contribution in [0.2, 0.25) is 0 Å². The van der Waals surface area contributed by atoms with Gasteiger partial charge in [-0.05, 0) is 32.7 Å². The lowest BCUT2D eigenvalue weighted by Gasteiger charge is -2.32. The molecule has 0 aromatic rings. The lowest BCUT2D eigenvalue weighted by atomic mass is 9.77. The minimum atomic E-state index is 0.421. The Hall–Kier alpha value is -0.0800. The van der Waals surface area contributed by atoms with Crippen LogP contribution in [0.5, 0.6) is 0 Å². The number of nitrogens with one attached hydrogen (secondary N) is 1. The summed E-state index contributed by atoms with van der Waals surface area (Å²) in [5.41, 5.74) is 0.421. The highest BCUT2D eigenvalue weighted by atomic mass is 16.5. The lowest BCUT2D eigenvalue weighted by Crippen LogP contribution is -2.39. The molecule has 2 unspecified atom stereocenters. The van der Waals surface area contributed by atoms with Crippen LogP contribution in [0.1, 0.15) is 46.5 Å². The number of hydrogen-bond acceptors (Lipinski definition) is 2. The van der Waals surface area contributed by atoms with E-state index in [0.29, 0.717) is 11.5 Å². The fourth-order valence-corrected chi connectivity index (χ4v) is 2.48. The van der Waals surface area contributed by atoms with Crippen molar-refractivity contribution < 1.29 is 4.74 Å². The van der Waals surface area contributed by atoms with Crippen molar-refractivity contribution in [3.8, 4) is 0 Å². The van der Waals surface area contributed by atoms with Crippen molar-refractivity contribution in [1.82, 2.24) is 5.32 Å². The van der Waals surface area contributed by atoms with Gasteiger partial charge in [-0.2, -0.15) is 0 Å². The molecule has 0 aliphatic carbocycles. The van der Waals surface area contributed by atoms with Crippen LogP contribution in [0, 0.1) is 5.41 Å². The van der Waals surface area contributed by atoms with Gasteiger partial charge in [-0.1, -0.05) is 20.3 Å². The van der Waals surface area contributed by atoms with Crippen LogP contribution in [0.25, 0.3) is 0 Å². The van der Waals surface area contributed by atoms with Crippen molar-refractivity contribution in [2.75, 3.05) is 19.7 Å². The van der Waals surface area contributed by atoms with E-state index < -0.39 is 0 Å². The highest BCUT2D eigenvalue weighted by Gasteiger charge is 2.39. The van der Waals surface area contributed by atoms with Gasteiger partial charge in [0.2, 0.25) is 0 Å². The second-order valence-corrected chi connectivity index (χ2v) is 4.55. The van der Waals surface area contributed by atoms with Crippen molar-refractivity contribution >= 4 is 0 Å². The second-order valence-electron chi connectivity index (χ2n) is 4.55. The Balaban J connectivity index is 2.44. The van der Waals surface area contributed by atoms with Crippen LogP contribution >= 0.6 is 0 Å². The maximum Gasteiger partial charge on any atom is 0.0616 e. The molecule has 1 fully saturated rings. The van der Waals surface area contributed by atoms with E-state index in [1.807, 2.05) is 0 Å². The summed E-state index contributed by atoms with van der Waals surface area (Å²) in [5.74, 6) is 0. The fourth-order valence-electron chi connectivity index (χ4n) is 2.48. The average molecular weight is 199 g/mol. The molecule has 1 saturated heterocycles. The zero-order valence-electron chi connectivity index (χ0n) is 9.94. The molecular formula is C12H25NO. The molecule has 0 saturated carbocycles. The third-order valence-corrected chi connectivity index (χ3v) is 3.48. The van der Waals surface area contributed by atoms with E-state index >= 15 is 0 Å². The van der Waals surface area contributed by atoms with E-state index in [2.05, 4.69) is 26.1 Å². The Morgan fingerprint density at radius 1 is 1.36 bits per heavy atom. The molecule has 2 nitrogen and oxygen atoms in total. The minimum absolute atomic E-state index is 0.421. The van der Waals surface area contributed by atoms with Gasteiger partial charge in [0.15, 0.2) is 0 Å². The van der Waals surface area contributed by atoms with Gasteiger partial charge in [-0.25, -0.2) is 0 Å². The summed E-state index contributed by atoms with van der Waals surface area (Å²) in [6, 6.07) is 0. The third-order valence-electron chi connectivity index (χ3n) is 3.48. The molecule has 0 aromatic carbocycles. The molecule has 1 heterocycles. The first-order valence-electron chi connectivity index (χ1n) is 6.07. The Morgan fingerprint density at radius 2 is 2.14 bits per heavy atom. The lowest BCUT2D eigenvalue weighted by molar-refractivity contribution is 0.0581. The van der Waals surface area contributed by atoms with Crippen LogP contribution in [-0.4, -0.2) is 25.8 Å². The van der Waals surface area contributed by atoms with Gasteiger partial charge in [0.1, 0.15) is 0 Å². The van der Waals surface area contributed by atoms with E-state index in [9.17, 15) is 0 Å². The molecule has 1 aliphatic heterocycles. The van der Waals surface area contributed by atoms with Crippen molar-refractivity contribution in [3.63, 3.8) is 0 Å². The molecule has 2 heteroatoms. The highest BCUT2D eigenvalue weighted by molar-refractivity contribution is 4.90. The zero-order valence-corrected chi connectivity index (χ0v) is 9.94. The van der Waals surface area contributed by atoms with Crippen LogP contribution in [0.15, 0.2) is 0 Å². The molecule has 0 aromatic heterocycles. The zero-order chi connectivity index (χ0) is 10.4. The van der Waals surface area contributed by atoms with E-state index in [1.54, 1.807) is 0 Å². The number of rotatable bonds is 6. The molecule has 0 bridgehead atoms. The van der Waals surface area contributed by atoms with Gasteiger partial charge < -0.3 is 10.1 Å². The summed E-state index contributed by atoms with van der Waals surface area (Å²) < 4.78 is 5.71. The van der Waals surface area contributed by atoms with Gasteiger partial charge in [-0.3, -0.25) is 0 Å². The summed E-state index contributed by atoms with van der Waals surface area (Å²) in [5, 5.41) is 3.55. The van der Waals surface area contributed by atoms with Crippen molar-refractivity contribution in [1.29, 1.82) is 0 Å². The van der Waals surface area contributed by atoms with Gasteiger partial charge in [0.25, 0.3) is 0 Å². The molecule has 14 heavy (non-hydrogen) atoms. The first-order chi connectivity index (χ1) is 6.75. The largest absolute Gasteiger partial charge is 0.378 e. The fraction of sp³-hybridized carbons (Fsp3) is 1.00. The molecule has 1 aliphatic rings. The molecular weight excluding hydrogens is 174 g/mol. The van der Waals surface area contributed by atoms with Crippen LogP contribution in [-0.2, 0) is 4.74 Å². The quantitative estimate of drug-likeness (QED) is 0.664. The van der Waals surface area contributed by atoms with E-state index in [1.165, 1.54) is 25.7 Å². The molecule has 1 N–H and O–H groups in total. The Labute approximate surface area is 88.4 Å². The first-order valence-corrected chi connectivity index (χ1v) is 6.07. The van der Waals surface area contributed by atoms with Crippen molar-refractivity contribution in [3.05, 3.63) is 0 Å². The summed E-state index contributed by atoms with van der Waals surface area (Å²) >= 11 is 0. The number of ether oxygens (including phenoxy) is 1. The predicted octanol–water partition coefficient (Wildman–Crippen LogP) is 2.58. The Morgan fingerprint density at radius 3 is 2.64 bits per heavy atom. The molecule has 84 valence electrons. The number of hydrogen-bond donors (Lipinski definition) is 1. The third kappa shape index (κ3) is 2.71. The minimum Gasteiger partial charge on any atom is -0.378 e. The maximum absolute atomic E-state index is 5.71. The normalized spacial score (nSPS) is 32.4. The van der Waals surface area contributed by atoms with Gasteiger partial charge in [0, 0.05) is 18.6 Å². The second kappa shape index (κ2) is 5.72. The summed E-state index contributed by atoms with van der Waals surface area (Å²) in [6.45, 7) is 9.94. The van der Waals surface area contributed by atoms with Crippen molar-refractivity contribution in [2.24, 2.45) is 5.41 Å². The molecule has 2 atom stereocenters. The smallest absolute Gasteiger partial charge is 0.0616 e. The van der Waals surface area contributed by atoms with Gasteiger partial charge >= 0.3 is 0 Å². The van der Waals surface area contributed by atoms with Crippen LogP contribution in [0.4, 0.5) is 0 Å². The average Bonchev–Trinajstić information content (AvgIpc) is 2.50. The van der Waals surface area contributed by atoms with E-state index in [4.69, 9.17) is 4.74 Å². The highest BCUT2D eigenvalue weighted by Crippen LogP contribution is 2.38.